The van der Waals surface area contributed by atoms with Gasteiger partial charge >= 0.3 is 0 Å². The van der Waals surface area contributed by atoms with Crippen LogP contribution in [0, 0.1) is 5.92 Å². The number of aliphatic hydroxyl groups excluding tert-OH is 3. The quantitative estimate of drug-likeness (QED) is 0.583. The molecule has 3 N–H and O–H groups in total. The summed E-state index contributed by atoms with van der Waals surface area (Å²) in [7, 11) is 0. The normalized spacial score (nSPS) is 20.8. The van der Waals surface area contributed by atoms with Gasteiger partial charge in [-0.15, -0.1) is 0 Å². The van der Waals surface area contributed by atoms with Gasteiger partial charge in [-0.3, -0.25) is 0 Å². The monoisotopic (exact) mass is 190 g/mol. The molecule has 13 heavy (non-hydrogen) atoms. The summed E-state index contributed by atoms with van der Waals surface area (Å²) >= 11 is 0. The Morgan fingerprint density at radius 1 is 0.692 bits per heavy atom. The van der Waals surface area contributed by atoms with Crippen LogP contribution in [0.1, 0.15) is 40.0 Å². The van der Waals surface area contributed by atoms with Crippen molar-refractivity contribution < 1.29 is 15.3 Å². The number of hydrogen-bond acceptors (Lipinski definition) is 3. The van der Waals surface area contributed by atoms with E-state index in [1.165, 1.54) is 0 Å². The molecule has 0 fully saturated rings. The van der Waals surface area contributed by atoms with Gasteiger partial charge in [-0.05, 0) is 46.0 Å². The standard InChI is InChI=1S/C10H22O3/c1-7(11)4-10(5-8(2)12)6-9(3)13/h7-13H,4-6H2,1-3H3. The zero-order chi connectivity index (χ0) is 10.4. The van der Waals surface area contributed by atoms with Crippen LogP contribution >= 0.6 is 0 Å². The first-order valence-electron chi connectivity index (χ1n) is 4.96. The Labute approximate surface area is 80.4 Å². The lowest BCUT2D eigenvalue weighted by molar-refractivity contribution is 0.0873. The van der Waals surface area contributed by atoms with Gasteiger partial charge in [0.05, 0.1) is 18.3 Å². The van der Waals surface area contributed by atoms with Crippen LogP contribution in [-0.2, 0) is 0 Å². The molecule has 0 heterocycles. The molecule has 3 atom stereocenters. The zero-order valence-corrected chi connectivity index (χ0v) is 8.77. The summed E-state index contributed by atoms with van der Waals surface area (Å²) in [6.07, 6.45) is 0.869. The van der Waals surface area contributed by atoms with Gasteiger partial charge in [-0.2, -0.15) is 0 Å². The maximum absolute atomic E-state index is 9.19. The fourth-order valence-electron chi connectivity index (χ4n) is 1.74. The van der Waals surface area contributed by atoms with E-state index in [0.717, 1.165) is 0 Å². The third-order valence-electron chi connectivity index (χ3n) is 2.02. The molecule has 3 heteroatoms. The zero-order valence-electron chi connectivity index (χ0n) is 8.77. The van der Waals surface area contributed by atoms with Crippen molar-refractivity contribution in [1.29, 1.82) is 0 Å². The molecule has 0 radical (unpaired) electrons. The Kier molecular flexibility index (Phi) is 6.29. The lowest BCUT2D eigenvalue weighted by Crippen LogP contribution is -2.19. The fourth-order valence-corrected chi connectivity index (χ4v) is 1.74. The third kappa shape index (κ3) is 8.22. The highest BCUT2D eigenvalue weighted by atomic mass is 16.3. The van der Waals surface area contributed by atoms with Crippen molar-refractivity contribution in [2.24, 2.45) is 5.92 Å². The van der Waals surface area contributed by atoms with Gasteiger partial charge in [0.25, 0.3) is 0 Å². The smallest absolute Gasteiger partial charge is 0.0514 e. The van der Waals surface area contributed by atoms with Gasteiger partial charge in [-0.25, -0.2) is 0 Å². The molecule has 0 amide bonds. The Bertz CT molecular complexity index is 97.6. The molecule has 0 saturated heterocycles. The first kappa shape index (κ1) is 12.9. The van der Waals surface area contributed by atoms with Gasteiger partial charge < -0.3 is 15.3 Å². The maximum Gasteiger partial charge on any atom is 0.0514 e. The summed E-state index contributed by atoms with van der Waals surface area (Å²) in [5, 5.41) is 27.6. The van der Waals surface area contributed by atoms with Crippen molar-refractivity contribution in [1.82, 2.24) is 0 Å². The van der Waals surface area contributed by atoms with Crippen LogP contribution in [0.25, 0.3) is 0 Å². The van der Waals surface area contributed by atoms with Crippen LogP contribution in [0.5, 0.6) is 0 Å². The minimum Gasteiger partial charge on any atom is -0.393 e. The second-order valence-corrected chi connectivity index (χ2v) is 4.12. The van der Waals surface area contributed by atoms with Crippen molar-refractivity contribution in [3.8, 4) is 0 Å². The van der Waals surface area contributed by atoms with Gasteiger partial charge in [0, 0.05) is 0 Å². The van der Waals surface area contributed by atoms with Crippen LogP contribution < -0.4 is 0 Å². The highest BCUT2D eigenvalue weighted by Crippen LogP contribution is 2.19. The minimum atomic E-state index is -0.359. The lowest BCUT2D eigenvalue weighted by Gasteiger charge is -2.21. The molecule has 0 aromatic rings. The third-order valence-corrected chi connectivity index (χ3v) is 2.02. The summed E-state index contributed by atoms with van der Waals surface area (Å²) in [5.74, 6) is 0.208. The fraction of sp³-hybridized carbons (Fsp3) is 1.00. The molecule has 0 saturated carbocycles. The highest BCUT2D eigenvalue weighted by molar-refractivity contribution is 4.67. The topological polar surface area (TPSA) is 60.7 Å². The highest BCUT2D eigenvalue weighted by Gasteiger charge is 2.16. The molecular weight excluding hydrogens is 168 g/mol. The first-order chi connectivity index (χ1) is 5.91. The Morgan fingerprint density at radius 3 is 1.08 bits per heavy atom. The van der Waals surface area contributed by atoms with E-state index in [2.05, 4.69) is 0 Å². The first-order valence-corrected chi connectivity index (χ1v) is 4.96. The lowest BCUT2D eigenvalue weighted by atomic mass is 9.91. The molecular formula is C10H22O3. The predicted molar refractivity (Wildman–Crippen MR) is 52.4 cm³/mol. The van der Waals surface area contributed by atoms with Crippen LogP contribution in [0.15, 0.2) is 0 Å². The van der Waals surface area contributed by atoms with Crippen molar-refractivity contribution in [2.75, 3.05) is 0 Å². The summed E-state index contributed by atoms with van der Waals surface area (Å²) in [6, 6.07) is 0. The Hall–Kier alpha value is -0.120. The van der Waals surface area contributed by atoms with Gasteiger partial charge in [-0.1, -0.05) is 0 Å². The van der Waals surface area contributed by atoms with E-state index in [4.69, 9.17) is 0 Å². The van der Waals surface area contributed by atoms with Gasteiger partial charge in [0.15, 0.2) is 0 Å². The second-order valence-electron chi connectivity index (χ2n) is 4.12. The molecule has 80 valence electrons. The molecule has 0 aliphatic rings. The minimum absolute atomic E-state index is 0.208. The molecule has 0 aliphatic carbocycles. The van der Waals surface area contributed by atoms with Crippen LogP contribution in [0.4, 0.5) is 0 Å². The van der Waals surface area contributed by atoms with E-state index in [0.29, 0.717) is 19.3 Å². The van der Waals surface area contributed by atoms with E-state index >= 15 is 0 Å². The SMILES string of the molecule is CC(O)CC(CC(C)O)CC(C)O. The largest absolute Gasteiger partial charge is 0.393 e. The van der Waals surface area contributed by atoms with Crippen molar-refractivity contribution in [2.45, 2.75) is 58.3 Å². The number of rotatable bonds is 6. The Balaban J connectivity index is 3.87. The van der Waals surface area contributed by atoms with E-state index in [9.17, 15) is 15.3 Å². The number of hydrogen-bond donors (Lipinski definition) is 3. The summed E-state index contributed by atoms with van der Waals surface area (Å²) < 4.78 is 0. The maximum atomic E-state index is 9.19. The van der Waals surface area contributed by atoms with Gasteiger partial charge in [0.2, 0.25) is 0 Å². The molecule has 0 aromatic carbocycles. The molecule has 3 unspecified atom stereocenters. The van der Waals surface area contributed by atoms with Crippen LogP contribution in [-0.4, -0.2) is 33.6 Å². The van der Waals surface area contributed by atoms with E-state index in [-0.39, 0.29) is 24.2 Å². The molecule has 3 nitrogen and oxygen atoms in total. The average Bonchev–Trinajstić information content (AvgIpc) is 1.80. The summed E-state index contributed by atoms with van der Waals surface area (Å²) in [5.41, 5.74) is 0. The molecule has 0 spiro atoms. The van der Waals surface area contributed by atoms with Crippen molar-refractivity contribution >= 4 is 0 Å². The van der Waals surface area contributed by atoms with Gasteiger partial charge in [0.1, 0.15) is 0 Å². The Morgan fingerprint density at radius 2 is 0.923 bits per heavy atom. The second kappa shape index (κ2) is 6.35. The van der Waals surface area contributed by atoms with E-state index in [1.54, 1.807) is 20.8 Å². The van der Waals surface area contributed by atoms with Crippen molar-refractivity contribution in [3.05, 3.63) is 0 Å². The molecule has 0 bridgehead atoms. The summed E-state index contributed by atoms with van der Waals surface area (Å²) in [4.78, 5) is 0. The average molecular weight is 190 g/mol. The van der Waals surface area contributed by atoms with Crippen LogP contribution in [0.2, 0.25) is 0 Å². The molecule has 0 aromatic heterocycles. The van der Waals surface area contributed by atoms with E-state index < -0.39 is 0 Å². The van der Waals surface area contributed by atoms with Crippen molar-refractivity contribution in [3.63, 3.8) is 0 Å². The molecule has 0 rings (SSSR count). The number of aliphatic hydroxyl groups is 3. The van der Waals surface area contributed by atoms with E-state index in [1.807, 2.05) is 0 Å². The predicted octanol–water partition coefficient (Wildman–Crippen LogP) is 0.915. The summed E-state index contributed by atoms with van der Waals surface area (Å²) in [6.45, 7) is 5.20. The van der Waals surface area contributed by atoms with Crippen LogP contribution in [0.3, 0.4) is 0 Å². The molecule has 0 aliphatic heterocycles.